The second-order valence-corrected chi connectivity index (χ2v) is 12.2. The predicted octanol–water partition coefficient (Wildman–Crippen LogP) is 7.12. The molecule has 0 aliphatic heterocycles. The van der Waals surface area contributed by atoms with Gasteiger partial charge in [0.1, 0.15) is 0 Å². The normalized spacial score (nSPS) is 12.1. The highest BCUT2D eigenvalue weighted by Gasteiger charge is 2.28. The van der Waals surface area contributed by atoms with E-state index in [1.807, 2.05) is 66.7 Å². The molecule has 0 heterocycles. The zero-order valence-electron chi connectivity index (χ0n) is 23.8. The molecule has 9 heteroatoms. The minimum atomic E-state index is -4.43. The molecule has 0 aliphatic rings. The molecule has 5 rings (SSSR count). The number of methoxy groups -OCH3 is 1. The van der Waals surface area contributed by atoms with Gasteiger partial charge < -0.3 is 4.74 Å². The standard InChI is InChI=1S/C35H29F2NO5S/c1-43-35(40)29(18-24-8-3-2-4-9-24)21-34(39)28-12-7-13-30(20-28)38(44(41,42)31-16-17-32(36)33(37)22-31)23-25-14-15-26-10-5-6-11-27(26)19-25/h2-17,19-20,22,29H,18,21,23H2,1H3. The maximum atomic E-state index is 14.2. The van der Waals surface area contributed by atoms with Crippen LogP contribution < -0.4 is 4.31 Å². The Balaban J connectivity index is 1.51. The van der Waals surface area contributed by atoms with E-state index >= 15 is 0 Å². The van der Waals surface area contributed by atoms with Crippen LogP contribution in [0.1, 0.15) is 27.9 Å². The highest BCUT2D eigenvalue weighted by Crippen LogP contribution is 2.29. The van der Waals surface area contributed by atoms with Crippen molar-refractivity contribution >= 4 is 38.2 Å². The quantitative estimate of drug-likeness (QED) is 0.117. The predicted molar refractivity (Wildman–Crippen MR) is 165 cm³/mol. The van der Waals surface area contributed by atoms with E-state index < -0.39 is 38.4 Å². The lowest BCUT2D eigenvalue weighted by molar-refractivity contribution is -0.145. The molecule has 0 bridgehead atoms. The number of hydrogen-bond acceptors (Lipinski definition) is 5. The van der Waals surface area contributed by atoms with Gasteiger partial charge in [0, 0.05) is 12.0 Å². The third kappa shape index (κ3) is 6.84. The Morgan fingerprint density at radius 2 is 1.48 bits per heavy atom. The molecule has 0 spiro atoms. The number of carbonyl (C=O) groups excluding carboxylic acids is 2. The van der Waals surface area contributed by atoms with E-state index in [2.05, 4.69) is 0 Å². The highest BCUT2D eigenvalue weighted by molar-refractivity contribution is 7.92. The van der Waals surface area contributed by atoms with Crippen LogP contribution in [0.4, 0.5) is 14.5 Å². The number of ketones is 1. The second-order valence-electron chi connectivity index (χ2n) is 10.4. The van der Waals surface area contributed by atoms with Gasteiger partial charge in [0.05, 0.1) is 30.2 Å². The molecule has 5 aromatic carbocycles. The molecule has 0 aliphatic carbocycles. The molecule has 0 aromatic heterocycles. The van der Waals surface area contributed by atoms with Crippen molar-refractivity contribution in [2.75, 3.05) is 11.4 Å². The van der Waals surface area contributed by atoms with Crippen molar-refractivity contribution in [2.24, 2.45) is 5.92 Å². The summed E-state index contributed by atoms with van der Waals surface area (Å²) in [5.74, 6) is -4.13. The molecule has 224 valence electrons. The first kappa shape index (κ1) is 30.6. The molecule has 0 radical (unpaired) electrons. The van der Waals surface area contributed by atoms with Gasteiger partial charge >= 0.3 is 5.97 Å². The summed E-state index contributed by atoms with van der Waals surface area (Å²) in [7, 11) is -3.16. The van der Waals surface area contributed by atoms with Crippen LogP contribution in [-0.4, -0.2) is 27.3 Å². The third-order valence-corrected chi connectivity index (χ3v) is 9.14. The average Bonchev–Trinajstić information content (AvgIpc) is 3.04. The van der Waals surface area contributed by atoms with E-state index in [0.717, 1.165) is 32.8 Å². The molecular weight excluding hydrogens is 584 g/mol. The lowest BCUT2D eigenvalue weighted by Gasteiger charge is -2.25. The highest BCUT2D eigenvalue weighted by atomic mass is 32.2. The monoisotopic (exact) mass is 613 g/mol. The van der Waals surface area contributed by atoms with Crippen LogP contribution in [0.15, 0.2) is 120 Å². The van der Waals surface area contributed by atoms with Gasteiger partial charge in [-0.2, -0.15) is 0 Å². The number of halogens is 2. The molecular formula is C35H29F2NO5S. The van der Waals surface area contributed by atoms with Gasteiger partial charge in [0.15, 0.2) is 17.4 Å². The number of rotatable bonds is 11. The minimum Gasteiger partial charge on any atom is -0.469 e. The summed E-state index contributed by atoms with van der Waals surface area (Å²) in [5.41, 5.74) is 1.84. The van der Waals surface area contributed by atoms with E-state index in [9.17, 15) is 26.8 Å². The van der Waals surface area contributed by atoms with Crippen molar-refractivity contribution in [3.63, 3.8) is 0 Å². The number of sulfonamides is 1. The molecule has 0 saturated carbocycles. The van der Waals surface area contributed by atoms with Crippen LogP contribution in [-0.2, 0) is 32.5 Å². The Hall–Kier alpha value is -4.89. The number of nitrogens with zero attached hydrogens (tertiary/aromatic N) is 1. The maximum Gasteiger partial charge on any atom is 0.309 e. The largest absolute Gasteiger partial charge is 0.469 e. The van der Waals surface area contributed by atoms with E-state index in [-0.39, 0.29) is 36.4 Å². The van der Waals surface area contributed by atoms with Crippen molar-refractivity contribution in [1.29, 1.82) is 0 Å². The summed E-state index contributed by atoms with van der Waals surface area (Å²) in [6.07, 6.45) is 0.128. The molecule has 6 nitrogen and oxygen atoms in total. The number of carbonyl (C=O) groups is 2. The fourth-order valence-corrected chi connectivity index (χ4v) is 6.52. The Bertz CT molecular complexity index is 1930. The number of anilines is 1. The number of Topliss-reactive ketones (excluding diaryl/α,β-unsaturated/α-hetero) is 1. The number of esters is 1. The molecule has 0 saturated heterocycles. The van der Waals surface area contributed by atoms with Crippen LogP contribution >= 0.6 is 0 Å². The molecule has 5 aromatic rings. The van der Waals surface area contributed by atoms with Crippen LogP contribution in [0.25, 0.3) is 10.8 Å². The molecule has 1 unspecified atom stereocenters. The van der Waals surface area contributed by atoms with Gasteiger partial charge in [-0.05, 0) is 64.7 Å². The number of hydrogen-bond donors (Lipinski definition) is 0. The first-order valence-corrected chi connectivity index (χ1v) is 15.3. The second kappa shape index (κ2) is 13.2. The first-order chi connectivity index (χ1) is 21.2. The summed E-state index contributed by atoms with van der Waals surface area (Å²) in [6, 6.07) is 30.8. The first-order valence-electron chi connectivity index (χ1n) is 13.9. The topological polar surface area (TPSA) is 80.8 Å². The van der Waals surface area contributed by atoms with Gasteiger partial charge in [0.25, 0.3) is 10.0 Å². The fraction of sp³-hybridized carbons (Fsp3) is 0.143. The number of ether oxygens (including phenoxy) is 1. The van der Waals surface area contributed by atoms with Crippen LogP contribution in [0.3, 0.4) is 0 Å². The fourth-order valence-electron chi connectivity index (χ4n) is 5.06. The average molecular weight is 614 g/mol. The molecule has 0 amide bonds. The van der Waals surface area contributed by atoms with E-state index in [4.69, 9.17) is 4.74 Å². The van der Waals surface area contributed by atoms with Crippen molar-refractivity contribution in [3.05, 3.63) is 144 Å². The van der Waals surface area contributed by atoms with Gasteiger partial charge in [-0.1, -0.05) is 78.9 Å². The van der Waals surface area contributed by atoms with E-state index in [1.165, 1.54) is 19.2 Å². The smallest absolute Gasteiger partial charge is 0.309 e. The Labute approximate surface area is 254 Å². The lowest BCUT2D eigenvalue weighted by Crippen LogP contribution is -2.31. The number of benzene rings is 5. The summed E-state index contributed by atoms with van der Waals surface area (Å²) in [6.45, 7) is -0.150. The maximum absolute atomic E-state index is 14.2. The summed E-state index contributed by atoms with van der Waals surface area (Å²) in [5, 5.41) is 1.86. The van der Waals surface area contributed by atoms with E-state index in [0.29, 0.717) is 11.6 Å². The Morgan fingerprint density at radius 3 is 2.20 bits per heavy atom. The van der Waals surface area contributed by atoms with Crippen LogP contribution in [0.5, 0.6) is 0 Å². The summed E-state index contributed by atoms with van der Waals surface area (Å²) < 4.78 is 61.8. The molecule has 0 fully saturated rings. The Morgan fingerprint density at radius 1 is 0.750 bits per heavy atom. The zero-order valence-corrected chi connectivity index (χ0v) is 24.6. The van der Waals surface area contributed by atoms with Gasteiger partial charge in [-0.15, -0.1) is 0 Å². The summed E-state index contributed by atoms with van der Waals surface area (Å²) >= 11 is 0. The van der Waals surface area contributed by atoms with Crippen LogP contribution in [0.2, 0.25) is 0 Å². The molecule has 44 heavy (non-hydrogen) atoms. The SMILES string of the molecule is COC(=O)C(CC(=O)c1cccc(N(Cc2ccc3ccccc3c2)S(=O)(=O)c2ccc(F)c(F)c2)c1)Cc1ccccc1. The minimum absolute atomic E-state index is 0.145. The van der Waals surface area contributed by atoms with Gasteiger partial charge in [-0.25, -0.2) is 17.2 Å². The van der Waals surface area contributed by atoms with Crippen molar-refractivity contribution in [1.82, 2.24) is 0 Å². The van der Waals surface area contributed by atoms with Gasteiger partial charge in [0.2, 0.25) is 0 Å². The van der Waals surface area contributed by atoms with Crippen LogP contribution in [0, 0.1) is 17.6 Å². The van der Waals surface area contributed by atoms with E-state index in [1.54, 1.807) is 18.2 Å². The van der Waals surface area contributed by atoms with Gasteiger partial charge in [-0.3, -0.25) is 13.9 Å². The molecule has 0 N–H and O–H groups in total. The number of fused-ring (bicyclic) bond motifs is 1. The third-order valence-electron chi connectivity index (χ3n) is 7.37. The van der Waals surface area contributed by atoms with Crippen molar-refractivity contribution in [3.8, 4) is 0 Å². The molecule has 1 atom stereocenters. The summed E-state index contributed by atoms with van der Waals surface area (Å²) in [4.78, 5) is 25.6. The van der Waals surface area contributed by atoms with Crippen molar-refractivity contribution < 1.29 is 31.5 Å². The lowest BCUT2D eigenvalue weighted by atomic mass is 9.92. The van der Waals surface area contributed by atoms with Crippen molar-refractivity contribution in [2.45, 2.75) is 24.3 Å². The zero-order chi connectivity index (χ0) is 31.3. The Kier molecular flexibility index (Phi) is 9.15.